The van der Waals surface area contributed by atoms with Gasteiger partial charge in [0.1, 0.15) is 5.69 Å². The van der Waals surface area contributed by atoms with E-state index in [1.54, 1.807) is 0 Å². The highest BCUT2D eigenvalue weighted by molar-refractivity contribution is 5.86. The van der Waals surface area contributed by atoms with Crippen molar-refractivity contribution >= 4 is 5.97 Å². The van der Waals surface area contributed by atoms with Crippen LogP contribution in [0.4, 0.5) is 13.2 Å². The minimum Gasteiger partial charge on any atom is -0.504 e. The van der Waals surface area contributed by atoms with Gasteiger partial charge >= 0.3 is 12.1 Å². The second-order valence-electron chi connectivity index (χ2n) is 3.77. The first-order valence-electron chi connectivity index (χ1n) is 5.03. The lowest BCUT2D eigenvalue weighted by Gasteiger charge is -2.12. The zero-order valence-corrected chi connectivity index (χ0v) is 9.47. The number of aromatic nitrogens is 1. The summed E-state index contributed by atoms with van der Waals surface area (Å²) in [6, 6.07) is 1.73. The molecular weight excluding hydrogens is 283 g/mol. The first kappa shape index (κ1) is 13.7. The Morgan fingerprint density at radius 2 is 1.75 bits per heavy atom. The summed E-state index contributed by atoms with van der Waals surface area (Å²) < 4.78 is 42.9. The van der Waals surface area contributed by atoms with Gasteiger partial charge in [-0.1, -0.05) is 5.16 Å². The van der Waals surface area contributed by atoms with Crippen LogP contribution in [0.25, 0.3) is 11.3 Å². The molecule has 0 aliphatic heterocycles. The largest absolute Gasteiger partial charge is 0.504 e. The molecule has 0 unspecified atom stereocenters. The first-order valence-corrected chi connectivity index (χ1v) is 5.03. The van der Waals surface area contributed by atoms with Crippen LogP contribution in [-0.2, 0) is 6.18 Å². The Morgan fingerprint density at radius 1 is 1.15 bits per heavy atom. The number of carboxylic acid groups (broad SMARTS) is 1. The van der Waals surface area contributed by atoms with E-state index >= 15 is 0 Å². The van der Waals surface area contributed by atoms with Gasteiger partial charge in [-0.2, -0.15) is 13.2 Å². The number of benzene rings is 1. The molecule has 1 aromatic heterocycles. The van der Waals surface area contributed by atoms with Crippen LogP contribution in [0.1, 0.15) is 16.1 Å². The van der Waals surface area contributed by atoms with Gasteiger partial charge in [0.15, 0.2) is 11.5 Å². The number of hydrogen-bond donors (Lipinski definition) is 3. The number of alkyl halides is 3. The van der Waals surface area contributed by atoms with Gasteiger partial charge in [0.25, 0.3) is 0 Å². The molecule has 0 fully saturated rings. The zero-order valence-electron chi connectivity index (χ0n) is 9.47. The topological polar surface area (TPSA) is 104 Å². The van der Waals surface area contributed by atoms with Crippen LogP contribution in [0.3, 0.4) is 0 Å². The highest BCUT2D eigenvalue weighted by atomic mass is 19.4. The Labute approximate surface area is 108 Å². The van der Waals surface area contributed by atoms with Gasteiger partial charge in [0.05, 0.1) is 5.56 Å². The van der Waals surface area contributed by atoms with Crippen LogP contribution in [-0.4, -0.2) is 26.4 Å². The van der Waals surface area contributed by atoms with Gasteiger partial charge < -0.3 is 19.8 Å². The third-order valence-corrected chi connectivity index (χ3v) is 2.42. The lowest BCUT2D eigenvalue weighted by molar-refractivity contribution is -0.137. The van der Waals surface area contributed by atoms with E-state index in [1.807, 2.05) is 0 Å². The fourth-order valence-electron chi connectivity index (χ4n) is 1.53. The molecule has 106 valence electrons. The van der Waals surface area contributed by atoms with Crippen molar-refractivity contribution in [3.05, 3.63) is 29.5 Å². The SMILES string of the molecule is O=C(O)c1cc(-c2cc(O)c(O)cc2C(F)(F)F)no1. The molecular formula is C11H6F3NO5. The molecule has 2 rings (SSSR count). The summed E-state index contributed by atoms with van der Waals surface area (Å²) in [5, 5.41) is 30.2. The zero-order chi connectivity index (χ0) is 15.1. The smallest absolute Gasteiger partial charge is 0.417 e. The number of aromatic carboxylic acids is 1. The normalized spacial score (nSPS) is 11.6. The third-order valence-electron chi connectivity index (χ3n) is 2.42. The van der Waals surface area contributed by atoms with Crippen molar-refractivity contribution in [2.45, 2.75) is 6.18 Å². The predicted molar refractivity (Wildman–Crippen MR) is 57.2 cm³/mol. The first-order chi connectivity index (χ1) is 9.20. The molecule has 0 bridgehead atoms. The third kappa shape index (κ3) is 2.37. The van der Waals surface area contributed by atoms with Crippen molar-refractivity contribution in [2.24, 2.45) is 0 Å². The predicted octanol–water partition coefficient (Wildman–Crippen LogP) is 2.47. The Hall–Kier alpha value is -2.71. The molecule has 0 spiro atoms. The summed E-state index contributed by atoms with van der Waals surface area (Å²) in [6.07, 6.45) is -4.83. The summed E-state index contributed by atoms with van der Waals surface area (Å²) >= 11 is 0. The van der Waals surface area contributed by atoms with Crippen LogP contribution in [0.15, 0.2) is 22.7 Å². The van der Waals surface area contributed by atoms with E-state index in [1.165, 1.54) is 0 Å². The average Bonchev–Trinajstić information content (AvgIpc) is 2.80. The van der Waals surface area contributed by atoms with Gasteiger partial charge in [-0.05, 0) is 12.1 Å². The molecule has 2 aromatic rings. The molecule has 3 N–H and O–H groups in total. The minimum absolute atomic E-state index is 0.319. The second kappa shape index (κ2) is 4.44. The molecule has 0 atom stereocenters. The van der Waals surface area contributed by atoms with Crippen LogP contribution in [0, 0.1) is 0 Å². The number of hydrogen-bond acceptors (Lipinski definition) is 5. The maximum atomic E-state index is 12.8. The molecule has 0 radical (unpaired) electrons. The van der Waals surface area contributed by atoms with Crippen LogP contribution >= 0.6 is 0 Å². The van der Waals surface area contributed by atoms with Crippen LogP contribution in [0.5, 0.6) is 11.5 Å². The number of rotatable bonds is 2. The summed E-state index contributed by atoms with van der Waals surface area (Å²) in [6.45, 7) is 0. The maximum Gasteiger partial charge on any atom is 0.417 e. The Morgan fingerprint density at radius 3 is 2.25 bits per heavy atom. The van der Waals surface area contributed by atoms with Gasteiger partial charge in [0, 0.05) is 11.6 Å². The van der Waals surface area contributed by atoms with E-state index in [-0.39, 0.29) is 0 Å². The van der Waals surface area contributed by atoms with E-state index in [9.17, 15) is 23.1 Å². The average molecular weight is 289 g/mol. The Bertz CT molecular complexity index is 677. The Balaban J connectivity index is 2.65. The van der Waals surface area contributed by atoms with E-state index in [0.717, 1.165) is 6.07 Å². The van der Waals surface area contributed by atoms with Gasteiger partial charge in [0.2, 0.25) is 5.76 Å². The number of carbonyl (C=O) groups is 1. The van der Waals surface area contributed by atoms with Crippen molar-refractivity contribution in [2.75, 3.05) is 0 Å². The molecule has 0 aliphatic carbocycles. The van der Waals surface area contributed by atoms with E-state index < -0.39 is 46.2 Å². The monoisotopic (exact) mass is 289 g/mol. The molecule has 1 aromatic carbocycles. The van der Waals surface area contributed by atoms with Crippen molar-refractivity contribution in [1.29, 1.82) is 0 Å². The van der Waals surface area contributed by atoms with Gasteiger partial charge in [-0.25, -0.2) is 4.79 Å². The van der Waals surface area contributed by atoms with E-state index in [0.29, 0.717) is 12.1 Å². The van der Waals surface area contributed by atoms with Crippen LogP contribution < -0.4 is 0 Å². The second-order valence-corrected chi connectivity index (χ2v) is 3.77. The summed E-state index contributed by atoms with van der Waals surface area (Å²) in [7, 11) is 0. The van der Waals surface area contributed by atoms with E-state index in [2.05, 4.69) is 9.68 Å². The number of halogens is 3. The highest BCUT2D eigenvalue weighted by Gasteiger charge is 2.36. The molecule has 20 heavy (non-hydrogen) atoms. The van der Waals surface area contributed by atoms with Crippen LogP contribution in [0.2, 0.25) is 0 Å². The molecule has 1 heterocycles. The standard InChI is InChI=1S/C11H6F3NO5/c12-11(13,14)5-2-8(17)7(16)1-4(5)6-3-9(10(18)19)20-15-6/h1-3,16-17H,(H,18,19). The van der Waals surface area contributed by atoms with Gasteiger partial charge in [-0.3, -0.25) is 0 Å². The number of aromatic hydroxyl groups is 2. The van der Waals surface area contributed by atoms with Gasteiger partial charge in [-0.15, -0.1) is 0 Å². The molecule has 0 saturated carbocycles. The van der Waals surface area contributed by atoms with E-state index in [4.69, 9.17) is 10.2 Å². The molecule has 0 amide bonds. The van der Waals surface area contributed by atoms with Crippen molar-refractivity contribution in [1.82, 2.24) is 5.16 Å². The fraction of sp³-hybridized carbons (Fsp3) is 0.0909. The van der Waals surface area contributed by atoms with Crippen molar-refractivity contribution < 1.29 is 37.8 Å². The molecule has 0 saturated heterocycles. The van der Waals surface area contributed by atoms with Crippen molar-refractivity contribution in [3.63, 3.8) is 0 Å². The number of carboxylic acids is 1. The Kier molecular flexibility index (Phi) is 3.04. The van der Waals surface area contributed by atoms with Crippen molar-refractivity contribution in [3.8, 4) is 22.8 Å². The fourth-order valence-corrected chi connectivity index (χ4v) is 1.53. The number of nitrogens with zero attached hydrogens (tertiary/aromatic N) is 1. The maximum absolute atomic E-state index is 12.8. The lowest BCUT2D eigenvalue weighted by atomic mass is 10.0. The lowest BCUT2D eigenvalue weighted by Crippen LogP contribution is -2.07. The number of phenolic OH excluding ortho intramolecular Hbond substituents is 2. The number of phenols is 2. The summed E-state index contributed by atoms with van der Waals surface area (Å²) in [4.78, 5) is 10.6. The quantitative estimate of drug-likeness (QED) is 0.734. The summed E-state index contributed by atoms with van der Waals surface area (Å²) in [5.74, 6) is -3.91. The summed E-state index contributed by atoms with van der Waals surface area (Å²) in [5.41, 5.74) is -2.31. The molecule has 6 nitrogen and oxygen atoms in total. The molecule has 0 aliphatic rings. The molecule has 9 heteroatoms. The highest BCUT2D eigenvalue weighted by Crippen LogP contribution is 2.42. The minimum atomic E-state index is -4.83.